The molecule has 0 radical (unpaired) electrons. The van der Waals surface area contributed by atoms with Crippen molar-refractivity contribution in [1.29, 1.82) is 0 Å². The normalized spacial score (nSPS) is 21.3. The standard InChI is InChI=1S/C12H18.C4H8O2/c1-2-4-6-8-10-12-11-9-7-5-3-1;1-2-6-4-3-5-1/h1-6H,7-12H2;1-4H2. The first kappa shape index (κ1) is 15.2. The topological polar surface area (TPSA) is 18.5 Å². The lowest BCUT2D eigenvalue weighted by molar-refractivity contribution is -0.0334. The van der Waals surface area contributed by atoms with Crippen LogP contribution in [0.15, 0.2) is 36.5 Å². The quantitative estimate of drug-likeness (QED) is 0.646. The Bertz CT molecular complexity index is 218. The van der Waals surface area contributed by atoms with Gasteiger partial charge in [0, 0.05) is 0 Å². The molecule has 0 aromatic rings. The lowest BCUT2D eigenvalue weighted by Gasteiger charge is -2.09. The maximum absolute atomic E-state index is 4.94. The number of rotatable bonds is 0. The van der Waals surface area contributed by atoms with Crippen molar-refractivity contribution >= 4 is 0 Å². The highest BCUT2D eigenvalue weighted by Crippen LogP contribution is 2.07. The fraction of sp³-hybridized carbons (Fsp3) is 0.625. The van der Waals surface area contributed by atoms with E-state index in [2.05, 4.69) is 36.5 Å². The summed E-state index contributed by atoms with van der Waals surface area (Å²) in [6.45, 7) is 3.11. The molecule has 2 nitrogen and oxygen atoms in total. The summed E-state index contributed by atoms with van der Waals surface area (Å²) in [5, 5.41) is 0. The van der Waals surface area contributed by atoms with E-state index in [1.807, 2.05) is 0 Å². The van der Waals surface area contributed by atoms with E-state index < -0.39 is 0 Å². The minimum Gasteiger partial charge on any atom is -0.377 e. The van der Waals surface area contributed by atoms with E-state index in [0.717, 1.165) is 26.4 Å². The van der Waals surface area contributed by atoms with Crippen LogP contribution in [0.25, 0.3) is 0 Å². The number of hydrogen-bond donors (Lipinski definition) is 0. The first-order valence-corrected chi connectivity index (χ1v) is 7.14. The van der Waals surface area contributed by atoms with Gasteiger partial charge in [0.1, 0.15) is 0 Å². The Hall–Kier alpha value is -0.860. The van der Waals surface area contributed by atoms with Crippen LogP contribution in [-0.4, -0.2) is 26.4 Å². The fourth-order valence-electron chi connectivity index (χ4n) is 1.80. The highest BCUT2D eigenvalue weighted by Gasteiger charge is 1.94. The molecule has 2 rings (SSSR count). The van der Waals surface area contributed by atoms with Gasteiger partial charge in [-0.25, -0.2) is 0 Å². The van der Waals surface area contributed by atoms with Crippen molar-refractivity contribution in [3.05, 3.63) is 36.5 Å². The van der Waals surface area contributed by atoms with Gasteiger partial charge in [0.2, 0.25) is 0 Å². The second-order valence-corrected chi connectivity index (χ2v) is 4.46. The fourth-order valence-corrected chi connectivity index (χ4v) is 1.80. The van der Waals surface area contributed by atoms with Gasteiger partial charge >= 0.3 is 0 Å². The first-order valence-electron chi connectivity index (χ1n) is 7.14. The molecule has 2 aliphatic rings. The zero-order chi connectivity index (χ0) is 12.7. The van der Waals surface area contributed by atoms with Crippen molar-refractivity contribution < 1.29 is 9.47 Å². The van der Waals surface area contributed by atoms with Gasteiger partial charge in [-0.3, -0.25) is 0 Å². The molecular formula is C16H26O2. The zero-order valence-corrected chi connectivity index (χ0v) is 11.4. The summed E-state index contributed by atoms with van der Waals surface area (Å²) in [6, 6.07) is 0. The molecule has 0 N–H and O–H groups in total. The number of allylic oxidation sites excluding steroid dienone is 6. The van der Waals surface area contributed by atoms with Crippen LogP contribution in [-0.2, 0) is 9.47 Å². The molecule has 1 aliphatic carbocycles. The van der Waals surface area contributed by atoms with Gasteiger partial charge in [0.05, 0.1) is 26.4 Å². The van der Waals surface area contributed by atoms with Gasteiger partial charge in [-0.2, -0.15) is 0 Å². The SMILES string of the molecule is C1=CC=CCCCCCCC=C1.C1COCCO1. The molecule has 1 saturated heterocycles. The van der Waals surface area contributed by atoms with Gasteiger partial charge in [-0.05, 0) is 25.7 Å². The molecule has 1 fully saturated rings. The summed E-state index contributed by atoms with van der Waals surface area (Å²) < 4.78 is 9.89. The summed E-state index contributed by atoms with van der Waals surface area (Å²) in [5.41, 5.74) is 0. The van der Waals surface area contributed by atoms with Crippen molar-refractivity contribution in [3.63, 3.8) is 0 Å². The number of hydrogen-bond acceptors (Lipinski definition) is 2. The Labute approximate surface area is 111 Å². The van der Waals surface area contributed by atoms with E-state index in [1.54, 1.807) is 0 Å². The highest BCUT2D eigenvalue weighted by molar-refractivity contribution is 5.11. The van der Waals surface area contributed by atoms with E-state index in [4.69, 9.17) is 9.47 Å². The molecule has 0 spiro atoms. The predicted octanol–water partition coefficient (Wildman–Crippen LogP) is 4.04. The van der Waals surface area contributed by atoms with E-state index >= 15 is 0 Å². The molecule has 2 heteroatoms. The van der Waals surface area contributed by atoms with Crippen LogP contribution in [0.1, 0.15) is 38.5 Å². The van der Waals surface area contributed by atoms with Crippen molar-refractivity contribution in [2.24, 2.45) is 0 Å². The van der Waals surface area contributed by atoms with Gasteiger partial charge in [-0.15, -0.1) is 0 Å². The van der Waals surface area contributed by atoms with Gasteiger partial charge < -0.3 is 9.47 Å². The molecule has 0 aromatic heterocycles. The van der Waals surface area contributed by atoms with Crippen LogP contribution >= 0.6 is 0 Å². The van der Waals surface area contributed by atoms with Crippen LogP contribution < -0.4 is 0 Å². The second kappa shape index (κ2) is 12.6. The van der Waals surface area contributed by atoms with E-state index in [1.165, 1.54) is 38.5 Å². The lowest BCUT2D eigenvalue weighted by atomic mass is 10.1. The zero-order valence-electron chi connectivity index (χ0n) is 11.4. The largest absolute Gasteiger partial charge is 0.377 e. The highest BCUT2D eigenvalue weighted by atomic mass is 16.6. The van der Waals surface area contributed by atoms with Crippen molar-refractivity contribution in [2.75, 3.05) is 26.4 Å². The Balaban J connectivity index is 0.000000225. The summed E-state index contributed by atoms with van der Waals surface area (Å²) in [6.07, 6.45) is 21.0. The third kappa shape index (κ3) is 10.3. The third-order valence-corrected chi connectivity index (χ3v) is 2.84. The minimum atomic E-state index is 0.778. The molecule has 0 amide bonds. The molecule has 0 aromatic carbocycles. The Morgan fingerprint density at radius 3 is 1.33 bits per heavy atom. The summed E-state index contributed by atoms with van der Waals surface area (Å²) in [4.78, 5) is 0. The Morgan fingerprint density at radius 2 is 0.944 bits per heavy atom. The van der Waals surface area contributed by atoms with E-state index in [9.17, 15) is 0 Å². The summed E-state index contributed by atoms with van der Waals surface area (Å²) in [5.74, 6) is 0. The number of ether oxygens (including phenoxy) is 2. The molecule has 0 atom stereocenters. The van der Waals surface area contributed by atoms with Crippen LogP contribution in [0, 0.1) is 0 Å². The van der Waals surface area contributed by atoms with Crippen molar-refractivity contribution in [1.82, 2.24) is 0 Å². The summed E-state index contributed by atoms with van der Waals surface area (Å²) in [7, 11) is 0. The molecule has 1 heterocycles. The van der Waals surface area contributed by atoms with Crippen molar-refractivity contribution in [2.45, 2.75) is 38.5 Å². The van der Waals surface area contributed by atoms with Crippen LogP contribution in [0.4, 0.5) is 0 Å². The van der Waals surface area contributed by atoms with Gasteiger partial charge in [-0.1, -0.05) is 49.3 Å². The smallest absolute Gasteiger partial charge is 0.0701 e. The molecule has 0 unspecified atom stereocenters. The second-order valence-electron chi connectivity index (χ2n) is 4.46. The molecular weight excluding hydrogens is 224 g/mol. The maximum atomic E-state index is 4.94. The lowest BCUT2D eigenvalue weighted by Crippen LogP contribution is -2.16. The van der Waals surface area contributed by atoms with Crippen molar-refractivity contribution in [3.8, 4) is 0 Å². The van der Waals surface area contributed by atoms with Crippen LogP contribution in [0.5, 0.6) is 0 Å². The van der Waals surface area contributed by atoms with E-state index in [-0.39, 0.29) is 0 Å². The minimum absolute atomic E-state index is 0.778. The van der Waals surface area contributed by atoms with Gasteiger partial charge in [0.25, 0.3) is 0 Å². The Kier molecular flexibility index (Phi) is 10.6. The monoisotopic (exact) mass is 250 g/mol. The van der Waals surface area contributed by atoms with E-state index in [0.29, 0.717) is 0 Å². The molecule has 102 valence electrons. The predicted molar refractivity (Wildman–Crippen MR) is 76.8 cm³/mol. The van der Waals surface area contributed by atoms with Gasteiger partial charge in [0.15, 0.2) is 0 Å². The van der Waals surface area contributed by atoms with Crippen LogP contribution in [0.2, 0.25) is 0 Å². The molecule has 0 saturated carbocycles. The van der Waals surface area contributed by atoms with Crippen LogP contribution in [0.3, 0.4) is 0 Å². The molecule has 1 aliphatic heterocycles. The molecule has 18 heavy (non-hydrogen) atoms. The third-order valence-electron chi connectivity index (χ3n) is 2.84. The Morgan fingerprint density at radius 1 is 0.500 bits per heavy atom. The molecule has 0 bridgehead atoms. The first-order chi connectivity index (χ1) is 9.00. The maximum Gasteiger partial charge on any atom is 0.0701 e. The average molecular weight is 250 g/mol. The average Bonchev–Trinajstić information content (AvgIpc) is 2.42. The summed E-state index contributed by atoms with van der Waals surface area (Å²) >= 11 is 0.